The lowest BCUT2D eigenvalue weighted by molar-refractivity contribution is -0.143. The van der Waals surface area contributed by atoms with Crippen molar-refractivity contribution in [2.45, 2.75) is 70.6 Å². The minimum atomic E-state index is -0.297. The van der Waals surface area contributed by atoms with Crippen LogP contribution in [0.2, 0.25) is 0 Å². The maximum atomic E-state index is 10.6. The Kier molecular flexibility index (Phi) is 23.0. The van der Waals surface area contributed by atoms with E-state index >= 15 is 0 Å². The summed E-state index contributed by atoms with van der Waals surface area (Å²) in [5.41, 5.74) is 0. The van der Waals surface area contributed by atoms with Crippen LogP contribution in [0.3, 0.4) is 0 Å². The number of hydrogen-bond acceptors (Lipinski definition) is 10. The summed E-state index contributed by atoms with van der Waals surface area (Å²) >= 11 is 0. The summed E-state index contributed by atoms with van der Waals surface area (Å²) in [5, 5.41) is 17.6. The predicted octanol–water partition coefficient (Wildman–Crippen LogP) is 2.17. The van der Waals surface area contributed by atoms with Crippen molar-refractivity contribution < 1.29 is 48.3 Å². The topological polar surface area (TPSA) is 146 Å². The zero-order valence-corrected chi connectivity index (χ0v) is 20.5. The number of unbranched alkanes of at least 4 members (excludes halogenated alkanes) is 1. The van der Waals surface area contributed by atoms with Gasteiger partial charge in [0, 0.05) is 38.9 Å². The van der Waals surface area contributed by atoms with Gasteiger partial charge in [-0.25, -0.2) is 0 Å². The molecule has 0 aliphatic heterocycles. The van der Waals surface area contributed by atoms with Crippen LogP contribution < -0.4 is 0 Å². The smallest absolute Gasteiger partial charge is 0.305 e. The van der Waals surface area contributed by atoms with Crippen LogP contribution in [0.1, 0.15) is 70.6 Å². The molecule has 1 fully saturated rings. The van der Waals surface area contributed by atoms with Crippen LogP contribution in [0.5, 0.6) is 0 Å². The lowest BCUT2D eigenvalue weighted by Gasteiger charge is -2.25. The Morgan fingerprint density at radius 1 is 0.545 bits per heavy atom. The first-order valence-corrected chi connectivity index (χ1v) is 11.3. The number of carbonyl (C=O) groups excluding carboxylic acids is 4. The van der Waals surface area contributed by atoms with Crippen molar-refractivity contribution in [1.29, 1.82) is 0 Å². The SMILES string of the molecule is COC(=O)CCCC(=O)OC.COC(=O)CCCCC(=O)OC.OCC1CCC(CO)CC1. The van der Waals surface area contributed by atoms with E-state index in [9.17, 15) is 19.2 Å². The Morgan fingerprint density at radius 2 is 0.788 bits per heavy atom. The van der Waals surface area contributed by atoms with E-state index in [1.54, 1.807) is 0 Å². The highest BCUT2D eigenvalue weighted by Gasteiger charge is 2.19. The van der Waals surface area contributed by atoms with Gasteiger partial charge in [-0.15, -0.1) is 0 Å². The van der Waals surface area contributed by atoms with Crippen LogP contribution in [0.4, 0.5) is 0 Å². The molecule has 194 valence electrons. The molecule has 1 aliphatic carbocycles. The van der Waals surface area contributed by atoms with Gasteiger partial charge in [0.1, 0.15) is 0 Å². The van der Waals surface area contributed by atoms with Crippen LogP contribution >= 0.6 is 0 Å². The number of hydrogen-bond donors (Lipinski definition) is 2. The number of methoxy groups -OCH3 is 4. The van der Waals surface area contributed by atoms with Crippen LogP contribution in [0.25, 0.3) is 0 Å². The Bertz CT molecular complexity index is 481. The van der Waals surface area contributed by atoms with Crippen molar-refractivity contribution in [3.05, 3.63) is 0 Å². The zero-order chi connectivity index (χ0) is 25.5. The summed E-state index contributed by atoms with van der Waals surface area (Å²) in [6.07, 6.45) is 7.49. The average Bonchev–Trinajstić information content (AvgIpc) is 2.86. The summed E-state index contributed by atoms with van der Waals surface area (Å²) in [6.45, 7) is 0.663. The fourth-order valence-electron chi connectivity index (χ4n) is 2.92. The van der Waals surface area contributed by atoms with Crippen molar-refractivity contribution >= 4 is 23.9 Å². The largest absolute Gasteiger partial charge is 0.469 e. The quantitative estimate of drug-likeness (QED) is 0.257. The standard InChI is InChI=1S/C8H14O4.C8H16O2.C7H12O4/c1-11-7(9)5-3-4-6-8(10)12-2;9-5-7-1-2-8(6-10)4-3-7;1-10-6(8)4-3-5-7(9)11-2/h3-6H2,1-2H3;7-10H,1-6H2;3-5H2,1-2H3. The van der Waals surface area contributed by atoms with Crippen molar-refractivity contribution in [1.82, 2.24) is 0 Å². The molecule has 33 heavy (non-hydrogen) atoms. The molecule has 1 rings (SSSR count). The molecule has 1 saturated carbocycles. The van der Waals surface area contributed by atoms with E-state index in [1.807, 2.05) is 0 Å². The number of aliphatic hydroxyl groups excluding tert-OH is 2. The van der Waals surface area contributed by atoms with E-state index in [2.05, 4.69) is 18.9 Å². The fourth-order valence-corrected chi connectivity index (χ4v) is 2.92. The third-order valence-corrected chi connectivity index (χ3v) is 5.17. The number of esters is 4. The van der Waals surface area contributed by atoms with Crippen LogP contribution in [-0.2, 0) is 38.1 Å². The lowest BCUT2D eigenvalue weighted by atomic mass is 9.83. The van der Waals surface area contributed by atoms with E-state index in [4.69, 9.17) is 10.2 Å². The molecule has 10 heteroatoms. The second-order valence-corrected chi connectivity index (χ2v) is 7.62. The van der Waals surface area contributed by atoms with Gasteiger partial charge in [0.2, 0.25) is 0 Å². The van der Waals surface area contributed by atoms with Crippen molar-refractivity contribution in [3.8, 4) is 0 Å². The maximum absolute atomic E-state index is 10.6. The summed E-state index contributed by atoms with van der Waals surface area (Å²) in [5.74, 6) is -0.0341. The second-order valence-electron chi connectivity index (χ2n) is 7.62. The first-order valence-electron chi connectivity index (χ1n) is 11.3. The van der Waals surface area contributed by atoms with Crippen LogP contribution in [-0.4, -0.2) is 75.7 Å². The molecule has 1 aliphatic rings. The molecule has 0 aromatic rings. The molecule has 0 unspecified atom stereocenters. The number of aliphatic hydroxyl groups is 2. The Morgan fingerprint density at radius 3 is 1.00 bits per heavy atom. The van der Waals surface area contributed by atoms with Gasteiger partial charge in [0.25, 0.3) is 0 Å². The third-order valence-electron chi connectivity index (χ3n) is 5.17. The molecule has 0 amide bonds. The normalized spacial score (nSPS) is 16.7. The van der Waals surface area contributed by atoms with Gasteiger partial charge in [-0.1, -0.05) is 0 Å². The summed E-state index contributed by atoms with van der Waals surface area (Å²) in [7, 11) is 5.34. The predicted molar refractivity (Wildman–Crippen MR) is 120 cm³/mol. The minimum Gasteiger partial charge on any atom is -0.469 e. The molecule has 2 N–H and O–H groups in total. The second kappa shape index (κ2) is 23.0. The van der Waals surface area contributed by atoms with Gasteiger partial charge in [-0.3, -0.25) is 19.2 Å². The first-order chi connectivity index (χ1) is 15.8. The Balaban J connectivity index is 0. The number of rotatable bonds is 11. The van der Waals surface area contributed by atoms with Crippen molar-refractivity contribution in [3.63, 3.8) is 0 Å². The fraction of sp³-hybridized carbons (Fsp3) is 0.826. The lowest BCUT2D eigenvalue weighted by Crippen LogP contribution is -2.19. The molecule has 0 heterocycles. The van der Waals surface area contributed by atoms with Gasteiger partial charge < -0.3 is 29.2 Å². The van der Waals surface area contributed by atoms with Crippen LogP contribution in [0, 0.1) is 11.8 Å². The Hall–Kier alpha value is -2.20. The highest BCUT2D eigenvalue weighted by Crippen LogP contribution is 2.27. The van der Waals surface area contributed by atoms with E-state index in [-0.39, 0.29) is 36.7 Å². The molecule has 0 spiro atoms. The van der Waals surface area contributed by atoms with Crippen molar-refractivity contribution in [2.75, 3.05) is 41.7 Å². The number of ether oxygens (including phenoxy) is 4. The highest BCUT2D eigenvalue weighted by molar-refractivity contribution is 5.72. The third kappa shape index (κ3) is 21.4. The molecule has 0 saturated heterocycles. The molecular weight excluding hydrogens is 436 g/mol. The molecule has 0 aromatic carbocycles. The van der Waals surface area contributed by atoms with E-state index in [1.165, 1.54) is 28.4 Å². The summed E-state index contributed by atoms with van der Waals surface area (Å²) in [4.78, 5) is 42.2. The summed E-state index contributed by atoms with van der Waals surface area (Å²) < 4.78 is 17.6. The van der Waals surface area contributed by atoms with E-state index < -0.39 is 0 Å². The number of carbonyl (C=O) groups is 4. The molecular formula is C23H42O10. The monoisotopic (exact) mass is 478 g/mol. The minimum absolute atomic E-state index is 0.236. The summed E-state index contributed by atoms with van der Waals surface area (Å²) in [6, 6.07) is 0. The van der Waals surface area contributed by atoms with Crippen LogP contribution in [0.15, 0.2) is 0 Å². The van der Waals surface area contributed by atoms with Gasteiger partial charge in [0.05, 0.1) is 28.4 Å². The van der Waals surface area contributed by atoms with E-state index in [0.717, 1.165) is 25.7 Å². The van der Waals surface area contributed by atoms with Gasteiger partial charge in [-0.05, 0) is 56.8 Å². The first kappa shape index (κ1) is 33.0. The van der Waals surface area contributed by atoms with E-state index in [0.29, 0.717) is 57.2 Å². The average molecular weight is 479 g/mol. The van der Waals surface area contributed by atoms with Gasteiger partial charge in [-0.2, -0.15) is 0 Å². The van der Waals surface area contributed by atoms with Crippen molar-refractivity contribution in [2.24, 2.45) is 11.8 Å². The molecule has 10 nitrogen and oxygen atoms in total. The molecule has 0 bridgehead atoms. The van der Waals surface area contributed by atoms with Gasteiger partial charge in [0.15, 0.2) is 0 Å². The van der Waals surface area contributed by atoms with Gasteiger partial charge >= 0.3 is 23.9 Å². The highest BCUT2D eigenvalue weighted by atomic mass is 16.5. The maximum Gasteiger partial charge on any atom is 0.305 e. The molecule has 0 radical (unpaired) electrons. The zero-order valence-electron chi connectivity index (χ0n) is 20.5. The molecule has 0 atom stereocenters. The Labute approximate surface area is 196 Å². The molecule has 0 aromatic heterocycles.